The SMILES string of the molecule is CC(C)(C)N1Cc2cccc[c]2[Bi]([c]2ccc3c(c2)OCO3)[c]2ccccc2C1. The molecule has 3 nitrogen and oxygen atoms in total. The Labute approximate surface area is 180 Å². The van der Waals surface area contributed by atoms with Gasteiger partial charge in [0.1, 0.15) is 0 Å². The third-order valence-corrected chi connectivity index (χ3v) is 16.0. The van der Waals surface area contributed by atoms with E-state index < -0.39 is 21.8 Å². The zero-order valence-electron chi connectivity index (χ0n) is 17.2. The van der Waals surface area contributed by atoms with Crippen molar-refractivity contribution in [2.24, 2.45) is 0 Å². The Morgan fingerprint density at radius 1 is 0.759 bits per heavy atom. The van der Waals surface area contributed by atoms with Crippen molar-refractivity contribution in [3.05, 3.63) is 77.9 Å². The molecule has 0 unspecified atom stereocenters. The summed E-state index contributed by atoms with van der Waals surface area (Å²) < 4.78 is 15.9. The second kappa shape index (κ2) is 7.41. The molecule has 2 aliphatic rings. The van der Waals surface area contributed by atoms with Crippen molar-refractivity contribution in [1.82, 2.24) is 4.90 Å². The maximum absolute atomic E-state index is 5.73. The normalized spacial score (nSPS) is 16.7. The molecule has 3 aromatic rings. The van der Waals surface area contributed by atoms with Gasteiger partial charge in [0, 0.05) is 0 Å². The summed E-state index contributed by atoms with van der Waals surface area (Å²) in [5.41, 5.74) is 3.07. The summed E-state index contributed by atoms with van der Waals surface area (Å²) in [6, 6.07) is 24.8. The van der Waals surface area contributed by atoms with Crippen LogP contribution < -0.4 is 19.3 Å². The molecule has 0 spiro atoms. The molecule has 0 aromatic heterocycles. The van der Waals surface area contributed by atoms with Gasteiger partial charge >= 0.3 is 181 Å². The van der Waals surface area contributed by atoms with Crippen LogP contribution in [0.4, 0.5) is 0 Å². The van der Waals surface area contributed by atoms with Crippen LogP contribution in [-0.2, 0) is 13.1 Å². The van der Waals surface area contributed by atoms with Crippen LogP contribution in [-0.4, -0.2) is 39.0 Å². The summed E-state index contributed by atoms with van der Waals surface area (Å²) in [6.45, 7) is 9.26. The predicted octanol–water partition coefficient (Wildman–Crippen LogP) is 3.05. The molecular weight excluding hydrogens is 555 g/mol. The second-order valence-electron chi connectivity index (χ2n) is 8.66. The van der Waals surface area contributed by atoms with Crippen molar-refractivity contribution in [3.8, 4) is 11.5 Å². The van der Waals surface area contributed by atoms with Crippen molar-refractivity contribution in [1.29, 1.82) is 0 Å². The van der Waals surface area contributed by atoms with Gasteiger partial charge in [0.2, 0.25) is 0 Å². The first-order valence-electron chi connectivity index (χ1n) is 10.1. The van der Waals surface area contributed by atoms with Crippen LogP contribution in [0.3, 0.4) is 0 Å². The third kappa shape index (κ3) is 3.58. The van der Waals surface area contributed by atoms with Gasteiger partial charge in [0.25, 0.3) is 0 Å². The number of ether oxygens (including phenoxy) is 2. The standard InChI is InChI=1S/C18H21N.C7H5O2.Bi/c1-18(2,3)19(14-16-10-6-4-7-11-16)15-17-12-8-5-9-13-17;1-2-4-7-6(3-1)8-5-9-7;/h4-10,12H,14-15H2,1-3H3;1,3-4H,5H2;. The molecule has 0 amide bonds. The molecule has 0 radical (unpaired) electrons. The average molecular weight is 581 g/mol. The molecule has 3 aromatic carbocycles. The van der Waals surface area contributed by atoms with Crippen molar-refractivity contribution >= 4 is 31.6 Å². The zero-order chi connectivity index (χ0) is 20.0. The molecule has 5 rings (SSSR count). The van der Waals surface area contributed by atoms with Gasteiger partial charge in [-0.1, -0.05) is 0 Å². The van der Waals surface area contributed by atoms with Gasteiger partial charge in [0.05, 0.1) is 0 Å². The zero-order valence-corrected chi connectivity index (χ0v) is 20.7. The fraction of sp³-hybridized carbons (Fsp3) is 0.280. The number of hydrogen-bond donors (Lipinski definition) is 0. The number of rotatable bonds is 1. The Hall–Kier alpha value is -1.90. The molecule has 2 heterocycles. The monoisotopic (exact) mass is 581 g/mol. The Morgan fingerprint density at radius 3 is 1.97 bits per heavy atom. The summed E-state index contributed by atoms with van der Waals surface area (Å²) in [5.74, 6) is 1.76. The first-order valence-corrected chi connectivity index (χ1v) is 15.3. The van der Waals surface area contributed by atoms with E-state index >= 15 is 0 Å². The summed E-state index contributed by atoms with van der Waals surface area (Å²) in [7, 11) is 0. The molecule has 148 valence electrons. The summed E-state index contributed by atoms with van der Waals surface area (Å²) >= 11 is -2.48. The van der Waals surface area contributed by atoms with Crippen LogP contribution >= 0.6 is 0 Å². The molecule has 0 atom stereocenters. The first kappa shape index (κ1) is 19.1. The third-order valence-electron chi connectivity index (χ3n) is 5.75. The van der Waals surface area contributed by atoms with Gasteiger partial charge in [-0.15, -0.1) is 0 Å². The van der Waals surface area contributed by atoms with E-state index in [1.807, 2.05) is 0 Å². The second-order valence-corrected chi connectivity index (χ2v) is 17.0. The molecule has 0 bridgehead atoms. The van der Waals surface area contributed by atoms with Crippen molar-refractivity contribution in [2.75, 3.05) is 6.79 Å². The molecule has 2 aliphatic heterocycles. The maximum atomic E-state index is 5.73. The molecule has 4 heteroatoms. The van der Waals surface area contributed by atoms with Crippen molar-refractivity contribution in [3.63, 3.8) is 0 Å². The molecule has 0 aliphatic carbocycles. The van der Waals surface area contributed by atoms with E-state index in [2.05, 4.69) is 92.4 Å². The fourth-order valence-corrected chi connectivity index (χ4v) is 14.3. The molecule has 0 saturated carbocycles. The van der Waals surface area contributed by atoms with Gasteiger partial charge in [0.15, 0.2) is 0 Å². The van der Waals surface area contributed by atoms with Crippen LogP contribution in [0.15, 0.2) is 66.7 Å². The Morgan fingerprint density at radius 2 is 1.34 bits per heavy atom. The number of fused-ring (bicyclic) bond motifs is 3. The summed E-state index contributed by atoms with van der Waals surface area (Å²) in [4.78, 5) is 2.60. The van der Waals surface area contributed by atoms with Gasteiger partial charge in [-0.3, -0.25) is 0 Å². The van der Waals surface area contributed by atoms with Gasteiger partial charge in [-0.2, -0.15) is 0 Å². The fourth-order valence-electron chi connectivity index (χ4n) is 4.10. The number of benzene rings is 3. The Balaban J connectivity index is 1.72. The Bertz CT molecular complexity index is 1010. The van der Waals surface area contributed by atoms with E-state index in [4.69, 9.17) is 9.47 Å². The number of nitrogens with zero attached hydrogens (tertiary/aromatic N) is 1. The molecule has 0 fully saturated rings. The van der Waals surface area contributed by atoms with Crippen LogP contribution in [0.2, 0.25) is 0 Å². The Kier molecular flexibility index (Phi) is 4.88. The van der Waals surface area contributed by atoms with Crippen LogP contribution in [0.5, 0.6) is 11.5 Å². The minimum atomic E-state index is -2.48. The van der Waals surface area contributed by atoms with Crippen LogP contribution in [0, 0.1) is 0 Å². The van der Waals surface area contributed by atoms with Gasteiger partial charge < -0.3 is 0 Å². The van der Waals surface area contributed by atoms with E-state index in [9.17, 15) is 0 Å². The van der Waals surface area contributed by atoms with E-state index in [1.165, 1.54) is 14.4 Å². The van der Waals surface area contributed by atoms with E-state index in [0.717, 1.165) is 24.6 Å². The molecule has 0 N–H and O–H groups in total. The van der Waals surface area contributed by atoms with Crippen molar-refractivity contribution in [2.45, 2.75) is 39.4 Å². The summed E-state index contributed by atoms with van der Waals surface area (Å²) in [6.07, 6.45) is 0. The molecular formula is C25H26BiNO2. The van der Waals surface area contributed by atoms with Gasteiger partial charge in [-0.05, 0) is 0 Å². The predicted molar refractivity (Wildman–Crippen MR) is 119 cm³/mol. The van der Waals surface area contributed by atoms with E-state index in [0.29, 0.717) is 6.79 Å². The van der Waals surface area contributed by atoms with Crippen LogP contribution in [0.1, 0.15) is 31.9 Å². The number of hydrogen-bond acceptors (Lipinski definition) is 3. The van der Waals surface area contributed by atoms with E-state index in [-0.39, 0.29) is 5.54 Å². The quantitative estimate of drug-likeness (QED) is 0.413. The summed E-state index contributed by atoms with van der Waals surface area (Å²) in [5, 5.41) is 0. The van der Waals surface area contributed by atoms with Crippen molar-refractivity contribution < 1.29 is 9.47 Å². The topological polar surface area (TPSA) is 21.7 Å². The average Bonchev–Trinajstić information content (AvgIpc) is 3.15. The first-order chi connectivity index (χ1) is 14.0. The molecule has 29 heavy (non-hydrogen) atoms. The molecule has 0 saturated heterocycles. The van der Waals surface area contributed by atoms with Gasteiger partial charge in [-0.25, -0.2) is 0 Å². The minimum absolute atomic E-state index is 0.112. The van der Waals surface area contributed by atoms with Crippen LogP contribution in [0.25, 0.3) is 0 Å². The van der Waals surface area contributed by atoms with E-state index in [1.54, 1.807) is 6.54 Å².